The summed E-state index contributed by atoms with van der Waals surface area (Å²) in [4.78, 5) is 8.43. The van der Waals surface area contributed by atoms with Crippen molar-refractivity contribution in [1.29, 1.82) is 0 Å². The van der Waals surface area contributed by atoms with Gasteiger partial charge < -0.3 is 21.1 Å². The molecule has 1 heterocycles. The van der Waals surface area contributed by atoms with E-state index in [9.17, 15) is 0 Å². The van der Waals surface area contributed by atoms with Gasteiger partial charge in [0.05, 0.1) is 0 Å². The Morgan fingerprint density at radius 2 is 1.95 bits per heavy atom. The summed E-state index contributed by atoms with van der Waals surface area (Å²) in [5, 5.41) is 6.49. The first-order valence-corrected chi connectivity index (χ1v) is 7.30. The van der Waals surface area contributed by atoms with Crippen molar-refractivity contribution in [2.45, 2.75) is 20.3 Å². The average Bonchev–Trinajstić information content (AvgIpc) is 2.51. The van der Waals surface area contributed by atoms with Gasteiger partial charge in [-0.3, -0.25) is 0 Å². The third-order valence-electron chi connectivity index (χ3n) is 3.56. The van der Waals surface area contributed by atoms with Crippen LogP contribution in [0.15, 0.2) is 24.5 Å². The number of rotatable bonds is 7. The summed E-state index contributed by atoms with van der Waals surface area (Å²) in [6.07, 6.45) is 2.39. The molecule has 4 N–H and O–H groups in total. The minimum absolute atomic E-state index is 0.515. The van der Waals surface area contributed by atoms with Crippen LogP contribution in [0.3, 0.4) is 0 Å². The molecular weight excluding hydrogens is 278 g/mol. The molecule has 0 saturated heterocycles. The summed E-state index contributed by atoms with van der Waals surface area (Å²) in [5.74, 6) is 1.25. The van der Waals surface area contributed by atoms with E-state index in [0.717, 1.165) is 18.7 Å². The predicted molar refractivity (Wildman–Crippen MR) is 90.6 cm³/mol. The molecule has 0 fully saturated rings. The number of ether oxygens (including phenoxy) is 1. The monoisotopic (exact) mass is 301 g/mol. The van der Waals surface area contributed by atoms with Gasteiger partial charge in [-0.05, 0) is 37.5 Å². The van der Waals surface area contributed by atoms with E-state index in [1.165, 1.54) is 17.5 Å². The Labute approximate surface area is 131 Å². The zero-order chi connectivity index (χ0) is 15.9. The molecule has 2 aromatic rings. The van der Waals surface area contributed by atoms with E-state index in [4.69, 9.17) is 10.5 Å². The maximum Gasteiger partial charge on any atom is 0.159 e. The number of nitrogens with two attached hydrogens (primary N) is 1. The van der Waals surface area contributed by atoms with Gasteiger partial charge >= 0.3 is 0 Å². The molecule has 0 radical (unpaired) electrons. The van der Waals surface area contributed by atoms with Gasteiger partial charge in [0.1, 0.15) is 12.0 Å². The largest absolute Gasteiger partial charge is 0.393 e. The van der Waals surface area contributed by atoms with Crippen molar-refractivity contribution >= 4 is 23.0 Å². The van der Waals surface area contributed by atoms with Gasteiger partial charge in [0, 0.05) is 25.9 Å². The molecule has 6 nitrogen and oxygen atoms in total. The maximum absolute atomic E-state index is 6.15. The second-order valence-corrected chi connectivity index (χ2v) is 5.13. The van der Waals surface area contributed by atoms with Crippen LogP contribution in [0.4, 0.5) is 23.0 Å². The smallest absolute Gasteiger partial charge is 0.159 e. The first kappa shape index (κ1) is 16.0. The Morgan fingerprint density at radius 1 is 1.18 bits per heavy atom. The number of hydrogen-bond donors (Lipinski definition) is 3. The zero-order valence-electron chi connectivity index (χ0n) is 13.3. The molecule has 0 aliphatic carbocycles. The Hall–Kier alpha value is -2.34. The second kappa shape index (κ2) is 7.61. The highest BCUT2D eigenvalue weighted by molar-refractivity contribution is 5.78. The number of aryl methyl sites for hydroxylation is 1. The maximum atomic E-state index is 6.15. The van der Waals surface area contributed by atoms with E-state index >= 15 is 0 Å². The highest BCUT2D eigenvalue weighted by Gasteiger charge is 2.09. The van der Waals surface area contributed by atoms with Gasteiger partial charge in [-0.25, -0.2) is 9.97 Å². The molecule has 0 aliphatic rings. The van der Waals surface area contributed by atoms with Crippen LogP contribution in [0.2, 0.25) is 0 Å². The zero-order valence-corrected chi connectivity index (χ0v) is 13.3. The third-order valence-corrected chi connectivity index (χ3v) is 3.56. The lowest BCUT2D eigenvalue weighted by Crippen LogP contribution is -2.10. The molecule has 1 aromatic carbocycles. The number of hydrogen-bond acceptors (Lipinski definition) is 6. The Morgan fingerprint density at radius 3 is 2.73 bits per heavy atom. The van der Waals surface area contributed by atoms with Crippen LogP contribution in [0.1, 0.15) is 17.5 Å². The Bertz CT molecular complexity index is 630. The van der Waals surface area contributed by atoms with Crippen LogP contribution in [0.5, 0.6) is 0 Å². The van der Waals surface area contributed by atoms with E-state index in [0.29, 0.717) is 23.9 Å². The molecule has 6 heteroatoms. The summed E-state index contributed by atoms with van der Waals surface area (Å²) >= 11 is 0. The summed E-state index contributed by atoms with van der Waals surface area (Å²) in [6, 6.07) is 6.09. The summed E-state index contributed by atoms with van der Waals surface area (Å²) in [5.41, 5.74) is 10.1. The van der Waals surface area contributed by atoms with E-state index in [2.05, 4.69) is 40.5 Å². The topological polar surface area (TPSA) is 85.1 Å². The number of anilines is 4. The lowest BCUT2D eigenvalue weighted by atomic mass is 10.1. The number of methoxy groups -OCH3 is 1. The number of nitrogens with one attached hydrogen (secondary N) is 2. The summed E-state index contributed by atoms with van der Waals surface area (Å²) < 4.78 is 5.02. The molecule has 0 amide bonds. The first-order valence-electron chi connectivity index (χ1n) is 7.30. The van der Waals surface area contributed by atoms with Crippen LogP contribution >= 0.6 is 0 Å². The fraction of sp³-hybridized carbons (Fsp3) is 0.375. The number of nitrogen functional groups attached to an aromatic ring is 1. The van der Waals surface area contributed by atoms with Gasteiger partial charge in [-0.15, -0.1) is 0 Å². The minimum Gasteiger partial charge on any atom is -0.393 e. The predicted octanol–water partition coefficient (Wildman–Crippen LogP) is 2.87. The van der Waals surface area contributed by atoms with Crippen LogP contribution in [-0.2, 0) is 4.74 Å². The van der Waals surface area contributed by atoms with Crippen LogP contribution in [0, 0.1) is 13.8 Å². The molecule has 0 aliphatic heterocycles. The normalized spacial score (nSPS) is 10.5. The highest BCUT2D eigenvalue weighted by Crippen LogP contribution is 2.28. The van der Waals surface area contributed by atoms with Crippen molar-refractivity contribution in [3.63, 3.8) is 0 Å². The van der Waals surface area contributed by atoms with Crippen molar-refractivity contribution in [3.05, 3.63) is 35.7 Å². The van der Waals surface area contributed by atoms with Gasteiger partial charge in [0.25, 0.3) is 0 Å². The number of aromatic nitrogens is 2. The molecule has 22 heavy (non-hydrogen) atoms. The molecule has 118 valence electrons. The van der Waals surface area contributed by atoms with Gasteiger partial charge in [-0.2, -0.15) is 0 Å². The Kier molecular flexibility index (Phi) is 5.55. The van der Waals surface area contributed by atoms with E-state index < -0.39 is 0 Å². The third kappa shape index (κ3) is 3.85. The Balaban J connectivity index is 2.13. The lowest BCUT2D eigenvalue weighted by Gasteiger charge is -2.14. The molecule has 0 unspecified atom stereocenters. The van der Waals surface area contributed by atoms with Crippen molar-refractivity contribution in [1.82, 2.24) is 9.97 Å². The number of nitrogens with zero attached hydrogens (tertiary/aromatic N) is 2. The van der Waals surface area contributed by atoms with Crippen LogP contribution in [-0.4, -0.2) is 30.2 Å². The molecule has 1 aromatic heterocycles. The van der Waals surface area contributed by atoms with E-state index in [-0.39, 0.29) is 0 Å². The molecular formula is C16H23N5O. The van der Waals surface area contributed by atoms with Crippen molar-refractivity contribution in [2.24, 2.45) is 0 Å². The van der Waals surface area contributed by atoms with E-state index in [1.807, 2.05) is 12.1 Å². The van der Waals surface area contributed by atoms with Crippen molar-refractivity contribution in [3.8, 4) is 0 Å². The van der Waals surface area contributed by atoms with Crippen molar-refractivity contribution < 1.29 is 4.74 Å². The highest BCUT2D eigenvalue weighted by atomic mass is 16.5. The minimum atomic E-state index is 0.515. The molecule has 2 rings (SSSR count). The fourth-order valence-electron chi connectivity index (χ4n) is 2.07. The van der Waals surface area contributed by atoms with Crippen LogP contribution < -0.4 is 16.4 Å². The lowest BCUT2D eigenvalue weighted by molar-refractivity contribution is 0.198. The van der Waals surface area contributed by atoms with Crippen molar-refractivity contribution in [2.75, 3.05) is 36.6 Å². The molecule has 0 saturated carbocycles. The fourth-order valence-corrected chi connectivity index (χ4v) is 2.07. The molecule has 0 atom stereocenters. The van der Waals surface area contributed by atoms with E-state index in [1.54, 1.807) is 7.11 Å². The summed E-state index contributed by atoms with van der Waals surface area (Å²) in [7, 11) is 1.69. The van der Waals surface area contributed by atoms with Gasteiger partial charge in [0.15, 0.2) is 11.6 Å². The standard InChI is InChI=1S/C16H23N5O/c1-11-6-4-7-13(12(11)2)21-16-14(17)15(19-10-20-16)18-8-5-9-22-3/h4,6-7,10H,5,8-9,17H2,1-3H3,(H2,18,19,20,21). The SMILES string of the molecule is COCCCNc1ncnc(Nc2cccc(C)c2C)c1N. The first-order chi connectivity index (χ1) is 10.6. The number of benzene rings is 1. The van der Waals surface area contributed by atoms with Crippen LogP contribution in [0.25, 0.3) is 0 Å². The quantitative estimate of drug-likeness (QED) is 0.682. The molecule has 0 bridgehead atoms. The average molecular weight is 301 g/mol. The van der Waals surface area contributed by atoms with Gasteiger partial charge in [0.2, 0.25) is 0 Å². The summed E-state index contributed by atoms with van der Waals surface area (Å²) in [6.45, 7) is 5.59. The molecule has 0 spiro atoms. The second-order valence-electron chi connectivity index (χ2n) is 5.13. The van der Waals surface area contributed by atoms with Gasteiger partial charge in [-0.1, -0.05) is 12.1 Å².